The van der Waals surface area contributed by atoms with E-state index in [0.29, 0.717) is 23.6 Å². The highest BCUT2D eigenvalue weighted by atomic mass is 32.2. The summed E-state index contributed by atoms with van der Waals surface area (Å²) < 4.78 is 27.2. The molecular formula is C20H26N2O3S2. The average molecular weight is 407 g/mol. The first-order chi connectivity index (χ1) is 12.7. The number of hydrogen-bond donors (Lipinski definition) is 1. The standard InChI is InChI=1S/C20H26N2O3S2/c1-20(2,3)16-8-10-17(11-9-16)21-19(23)15-6-4-12-22(14-15)27(24,25)18-7-5-13-26-18/h5,7-11,13,15H,4,6,12,14H2,1-3H3,(H,21,23). The molecule has 1 aromatic carbocycles. The van der Waals surface area contributed by atoms with Gasteiger partial charge in [0.25, 0.3) is 10.0 Å². The number of carbonyl (C=O) groups is 1. The van der Waals surface area contributed by atoms with Crippen LogP contribution in [0.4, 0.5) is 5.69 Å². The van der Waals surface area contributed by atoms with E-state index in [1.54, 1.807) is 17.5 Å². The molecule has 1 unspecified atom stereocenters. The molecule has 1 saturated heterocycles. The van der Waals surface area contributed by atoms with Crippen LogP contribution in [0.25, 0.3) is 0 Å². The predicted molar refractivity (Wildman–Crippen MR) is 110 cm³/mol. The number of thiophene rings is 1. The second-order valence-electron chi connectivity index (χ2n) is 7.95. The van der Waals surface area contributed by atoms with Crippen molar-refractivity contribution in [1.29, 1.82) is 0 Å². The van der Waals surface area contributed by atoms with Crippen molar-refractivity contribution in [2.75, 3.05) is 18.4 Å². The van der Waals surface area contributed by atoms with Gasteiger partial charge in [-0.15, -0.1) is 11.3 Å². The van der Waals surface area contributed by atoms with Crippen molar-refractivity contribution in [3.05, 3.63) is 47.3 Å². The highest BCUT2D eigenvalue weighted by molar-refractivity contribution is 7.91. The highest BCUT2D eigenvalue weighted by Gasteiger charge is 2.33. The Balaban J connectivity index is 1.67. The number of amides is 1. The number of nitrogens with zero attached hydrogens (tertiary/aromatic N) is 1. The number of carbonyl (C=O) groups excluding carboxylic acids is 1. The molecule has 0 saturated carbocycles. The van der Waals surface area contributed by atoms with Crippen LogP contribution < -0.4 is 5.32 Å². The normalized spacial score (nSPS) is 19.0. The number of sulfonamides is 1. The van der Waals surface area contributed by atoms with Crippen molar-refractivity contribution in [1.82, 2.24) is 4.31 Å². The third-order valence-electron chi connectivity index (χ3n) is 4.86. The van der Waals surface area contributed by atoms with Crippen molar-refractivity contribution in [2.45, 2.75) is 43.2 Å². The first kappa shape index (κ1) is 20.0. The van der Waals surface area contributed by atoms with Crippen molar-refractivity contribution in [3.63, 3.8) is 0 Å². The van der Waals surface area contributed by atoms with Crippen molar-refractivity contribution in [3.8, 4) is 0 Å². The maximum absolute atomic E-state index is 12.7. The van der Waals surface area contributed by atoms with Gasteiger partial charge in [0, 0.05) is 18.8 Å². The molecule has 7 heteroatoms. The van der Waals surface area contributed by atoms with Gasteiger partial charge in [-0.05, 0) is 47.4 Å². The lowest BCUT2D eigenvalue weighted by Gasteiger charge is -2.30. The summed E-state index contributed by atoms with van der Waals surface area (Å²) in [6, 6.07) is 11.2. The summed E-state index contributed by atoms with van der Waals surface area (Å²) in [7, 11) is -3.51. The van der Waals surface area contributed by atoms with Gasteiger partial charge in [0.15, 0.2) is 0 Å². The second kappa shape index (κ2) is 7.73. The van der Waals surface area contributed by atoms with Gasteiger partial charge in [0.1, 0.15) is 4.21 Å². The van der Waals surface area contributed by atoms with Gasteiger partial charge in [-0.3, -0.25) is 4.79 Å². The fraction of sp³-hybridized carbons (Fsp3) is 0.450. The molecule has 3 rings (SSSR count). The van der Waals surface area contributed by atoms with Crippen molar-refractivity contribution in [2.24, 2.45) is 5.92 Å². The SMILES string of the molecule is CC(C)(C)c1ccc(NC(=O)C2CCCN(S(=O)(=O)c3cccs3)C2)cc1. The molecule has 1 aliphatic heterocycles. The fourth-order valence-electron chi connectivity index (χ4n) is 3.21. The largest absolute Gasteiger partial charge is 0.326 e. The molecule has 0 spiro atoms. The lowest BCUT2D eigenvalue weighted by atomic mass is 9.87. The lowest BCUT2D eigenvalue weighted by Crippen LogP contribution is -2.43. The number of rotatable bonds is 4. The maximum Gasteiger partial charge on any atom is 0.252 e. The quantitative estimate of drug-likeness (QED) is 0.832. The number of nitrogens with one attached hydrogen (secondary N) is 1. The second-order valence-corrected chi connectivity index (χ2v) is 11.1. The van der Waals surface area contributed by atoms with E-state index in [0.717, 1.165) is 5.69 Å². The van der Waals surface area contributed by atoms with Crippen LogP contribution in [0.2, 0.25) is 0 Å². The Kier molecular flexibility index (Phi) is 5.74. The molecule has 0 aliphatic carbocycles. The third kappa shape index (κ3) is 4.59. The van der Waals surface area contributed by atoms with E-state index in [9.17, 15) is 13.2 Å². The van der Waals surface area contributed by atoms with Gasteiger partial charge in [-0.2, -0.15) is 4.31 Å². The molecule has 1 atom stereocenters. The zero-order valence-corrected chi connectivity index (χ0v) is 17.6. The summed E-state index contributed by atoms with van der Waals surface area (Å²) >= 11 is 1.21. The van der Waals surface area contributed by atoms with E-state index in [4.69, 9.17) is 0 Å². The van der Waals surface area contributed by atoms with Crippen LogP contribution in [-0.2, 0) is 20.2 Å². The summed E-state index contributed by atoms with van der Waals surface area (Å²) in [5.41, 5.74) is 2.00. The van der Waals surface area contributed by atoms with Crippen LogP contribution in [0.3, 0.4) is 0 Å². The zero-order valence-electron chi connectivity index (χ0n) is 15.9. The van der Waals surface area contributed by atoms with Gasteiger partial charge in [-0.1, -0.05) is 39.0 Å². The van der Waals surface area contributed by atoms with E-state index in [2.05, 4.69) is 26.1 Å². The Hall–Kier alpha value is -1.70. The molecule has 146 valence electrons. The minimum Gasteiger partial charge on any atom is -0.326 e. The Bertz CT molecular complexity index is 882. The minimum absolute atomic E-state index is 0.0581. The lowest BCUT2D eigenvalue weighted by molar-refractivity contribution is -0.120. The van der Waals surface area contributed by atoms with Crippen LogP contribution >= 0.6 is 11.3 Å². The molecule has 1 amide bonds. The zero-order chi connectivity index (χ0) is 19.7. The molecule has 2 aromatic rings. The molecule has 2 heterocycles. The van der Waals surface area contributed by atoms with E-state index >= 15 is 0 Å². The smallest absolute Gasteiger partial charge is 0.252 e. The topological polar surface area (TPSA) is 66.5 Å². The predicted octanol–water partition coefficient (Wildman–Crippen LogP) is 4.09. The summed E-state index contributed by atoms with van der Waals surface area (Å²) in [5, 5.41) is 4.69. The molecule has 1 fully saturated rings. The van der Waals surface area contributed by atoms with Gasteiger partial charge >= 0.3 is 0 Å². The monoisotopic (exact) mass is 406 g/mol. The van der Waals surface area contributed by atoms with Crippen LogP contribution in [0, 0.1) is 5.92 Å². The Morgan fingerprint density at radius 1 is 1.19 bits per heavy atom. The molecule has 1 N–H and O–H groups in total. The number of hydrogen-bond acceptors (Lipinski definition) is 4. The molecule has 1 aliphatic rings. The van der Waals surface area contributed by atoms with Gasteiger partial charge in [-0.25, -0.2) is 8.42 Å². The highest BCUT2D eigenvalue weighted by Crippen LogP contribution is 2.28. The van der Waals surface area contributed by atoms with E-state index in [-0.39, 0.29) is 23.8 Å². The maximum atomic E-state index is 12.7. The summed E-state index contributed by atoms with van der Waals surface area (Å²) in [4.78, 5) is 12.7. The first-order valence-corrected chi connectivity index (χ1v) is 11.4. The van der Waals surface area contributed by atoms with Gasteiger partial charge in [0.2, 0.25) is 5.91 Å². The van der Waals surface area contributed by atoms with E-state index in [1.807, 2.05) is 24.3 Å². The Morgan fingerprint density at radius 3 is 2.48 bits per heavy atom. The van der Waals surface area contributed by atoms with Crippen LogP contribution in [0.15, 0.2) is 46.0 Å². The van der Waals surface area contributed by atoms with Crippen LogP contribution in [-0.4, -0.2) is 31.7 Å². The van der Waals surface area contributed by atoms with Crippen molar-refractivity contribution < 1.29 is 13.2 Å². The van der Waals surface area contributed by atoms with Crippen LogP contribution in [0.5, 0.6) is 0 Å². The molecule has 0 radical (unpaired) electrons. The molecule has 27 heavy (non-hydrogen) atoms. The molecule has 0 bridgehead atoms. The Morgan fingerprint density at radius 2 is 1.89 bits per heavy atom. The summed E-state index contributed by atoms with van der Waals surface area (Å²) in [5.74, 6) is -0.458. The first-order valence-electron chi connectivity index (χ1n) is 9.13. The van der Waals surface area contributed by atoms with Gasteiger partial charge in [0.05, 0.1) is 5.92 Å². The molecule has 1 aromatic heterocycles. The summed E-state index contributed by atoms with van der Waals surface area (Å²) in [6.45, 7) is 7.12. The summed E-state index contributed by atoms with van der Waals surface area (Å²) in [6.07, 6.45) is 1.38. The average Bonchev–Trinajstić information content (AvgIpc) is 3.17. The third-order valence-corrected chi connectivity index (χ3v) is 8.10. The number of piperidine rings is 1. The minimum atomic E-state index is -3.51. The Labute approximate surface area is 165 Å². The fourth-order valence-corrected chi connectivity index (χ4v) is 5.88. The van der Waals surface area contributed by atoms with E-state index in [1.165, 1.54) is 21.2 Å². The van der Waals surface area contributed by atoms with Crippen LogP contribution in [0.1, 0.15) is 39.2 Å². The molecular weight excluding hydrogens is 380 g/mol. The van der Waals surface area contributed by atoms with Crippen molar-refractivity contribution >= 4 is 33.0 Å². The van der Waals surface area contributed by atoms with E-state index < -0.39 is 10.0 Å². The number of anilines is 1. The molecule has 5 nitrogen and oxygen atoms in total. The van der Waals surface area contributed by atoms with Gasteiger partial charge < -0.3 is 5.32 Å². The number of benzene rings is 1.